The summed E-state index contributed by atoms with van der Waals surface area (Å²) in [5.74, 6) is -0.0145. The summed E-state index contributed by atoms with van der Waals surface area (Å²) in [5.41, 5.74) is 0.414. The number of hydrogen-bond acceptors (Lipinski definition) is 2. The predicted octanol–water partition coefficient (Wildman–Crippen LogP) is 1.77. The molecule has 1 aromatic heterocycles. The Bertz CT molecular complexity index is 352. The minimum atomic E-state index is -0.270. The molecular weight excluding hydrogens is 166 g/mol. The first-order valence-corrected chi connectivity index (χ1v) is 4.40. The topological polar surface area (TPSA) is 53.1 Å². The monoisotopic (exact) mass is 181 g/mol. The average molecular weight is 181 g/mol. The Morgan fingerprint density at radius 3 is 2.54 bits per heavy atom. The van der Waals surface area contributed by atoms with E-state index in [-0.39, 0.29) is 16.9 Å². The van der Waals surface area contributed by atoms with Gasteiger partial charge in [-0.05, 0) is 17.9 Å². The number of hydrogen-bond donors (Lipinski definition) is 2. The Morgan fingerprint density at radius 2 is 2.08 bits per heavy atom. The van der Waals surface area contributed by atoms with Crippen molar-refractivity contribution in [2.45, 2.75) is 32.6 Å². The van der Waals surface area contributed by atoms with Crippen LogP contribution in [0.15, 0.2) is 16.9 Å². The van der Waals surface area contributed by atoms with Crippen LogP contribution in [0.25, 0.3) is 0 Å². The third kappa shape index (κ3) is 1.91. The van der Waals surface area contributed by atoms with Gasteiger partial charge < -0.3 is 5.11 Å². The number of pyridine rings is 1. The zero-order valence-electron chi connectivity index (χ0n) is 8.22. The van der Waals surface area contributed by atoms with E-state index >= 15 is 0 Å². The first-order chi connectivity index (χ1) is 5.97. The van der Waals surface area contributed by atoms with Crippen LogP contribution in [0.5, 0.6) is 5.88 Å². The first kappa shape index (κ1) is 9.84. The molecule has 0 aliphatic rings. The van der Waals surface area contributed by atoms with Crippen LogP contribution in [-0.4, -0.2) is 10.1 Å². The molecular formula is C10H15NO2. The van der Waals surface area contributed by atoms with E-state index in [1.807, 2.05) is 20.8 Å². The van der Waals surface area contributed by atoms with E-state index in [9.17, 15) is 9.90 Å². The number of aromatic nitrogens is 1. The highest BCUT2D eigenvalue weighted by atomic mass is 16.3. The molecule has 0 spiro atoms. The second kappa shape index (κ2) is 3.24. The maximum atomic E-state index is 10.8. The summed E-state index contributed by atoms with van der Waals surface area (Å²) < 4.78 is 0. The fraction of sp³-hybridized carbons (Fsp3) is 0.500. The van der Waals surface area contributed by atoms with Gasteiger partial charge in [0.15, 0.2) is 5.88 Å². The Morgan fingerprint density at radius 1 is 1.46 bits per heavy atom. The number of H-pyrrole nitrogens is 1. The SMILES string of the molecule is CCC(C)(C)c1ccc(=O)[nH]c1O. The predicted molar refractivity (Wildman–Crippen MR) is 52.0 cm³/mol. The summed E-state index contributed by atoms with van der Waals surface area (Å²) in [6.07, 6.45) is 0.909. The minimum Gasteiger partial charge on any atom is -0.494 e. The number of aromatic amines is 1. The molecule has 72 valence electrons. The number of nitrogens with one attached hydrogen (secondary N) is 1. The fourth-order valence-electron chi connectivity index (χ4n) is 1.20. The molecule has 0 fully saturated rings. The molecule has 1 rings (SSSR count). The number of rotatable bonds is 2. The van der Waals surface area contributed by atoms with E-state index < -0.39 is 0 Å². The van der Waals surface area contributed by atoms with Crippen molar-refractivity contribution in [3.8, 4) is 5.88 Å². The van der Waals surface area contributed by atoms with Crippen molar-refractivity contribution in [1.29, 1.82) is 0 Å². The summed E-state index contributed by atoms with van der Waals surface area (Å²) in [5, 5.41) is 9.50. The molecule has 3 heteroatoms. The van der Waals surface area contributed by atoms with Crippen molar-refractivity contribution in [2.24, 2.45) is 0 Å². The lowest BCUT2D eigenvalue weighted by atomic mass is 9.83. The molecule has 0 atom stereocenters. The molecule has 0 aliphatic carbocycles. The van der Waals surface area contributed by atoms with Gasteiger partial charge in [-0.3, -0.25) is 9.78 Å². The van der Waals surface area contributed by atoms with Gasteiger partial charge in [0.2, 0.25) is 0 Å². The van der Waals surface area contributed by atoms with Crippen LogP contribution in [0.3, 0.4) is 0 Å². The van der Waals surface area contributed by atoms with E-state index in [0.717, 1.165) is 12.0 Å². The quantitative estimate of drug-likeness (QED) is 0.730. The largest absolute Gasteiger partial charge is 0.494 e. The lowest BCUT2D eigenvalue weighted by Gasteiger charge is -2.23. The highest BCUT2D eigenvalue weighted by Crippen LogP contribution is 2.30. The molecule has 0 saturated carbocycles. The van der Waals surface area contributed by atoms with Crippen LogP contribution < -0.4 is 5.56 Å². The summed E-state index contributed by atoms with van der Waals surface area (Å²) in [6, 6.07) is 3.12. The second-order valence-electron chi connectivity index (χ2n) is 3.82. The van der Waals surface area contributed by atoms with Crippen molar-refractivity contribution >= 4 is 0 Å². The van der Waals surface area contributed by atoms with E-state index in [1.54, 1.807) is 6.07 Å². The smallest absolute Gasteiger partial charge is 0.250 e. The van der Waals surface area contributed by atoms with Gasteiger partial charge in [-0.1, -0.05) is 20.8 Å². The van der Waals surface area contributed by atoms with E-state index in [2.05, 4.69) is 4.98 Å². The summed E-state index contributed by atoms with van der Waals surface area (Å²) in [7, 11) is 0. The molecule has 0 unspecified atom stereocenters. The van der Waals surface area contributed by atoms with E-state index in [0.29, 0.717) is 0 Å². The molecule has 0 saturated heterocycles. The summed E-state index contributed by atoms with van der Waals surface area (Å²) in [4.78, 5) is 13.2. The van der Waals surface area contributed by atoms with Crippen molar-refractivity contribution < 1.29 is 5.11 Å². The Kier molecular flexibility index (Phi) is 2.45. The van der Waals surface area contributed by atoms with Crippen LogP contribution in [0, 0.1) is 0 Å². The van der Waals surface area contributed by atoms with Gasteiger partial charge in [0.1, 0.15) is 0 Å². The second-order valence-corrected chi connectivity index (χ2v) is 3.82. The Labute approximate surface area is 77.4 Å². The maximum absolute atomic E-state index is 10.8. The van der Waals surface area contributed by atoms with Crippen LogP contribution in [0.4, 0.5) is 0 Å². The van der Waals surface area contributed by atoms with E-state index in [1.165, 1.54) is 6.07 Å². The average Bonchev–Trinajstić information content (AvgIpc) is 2.03. The molecule has 2 N–H and O–H groups in total. The maximum Gasteiger partial charge on any atom is 0.250 e. The molecule has 0 aliphatic heterocycles. The van der Waals surface area contributed by atoms with Gasteiger partial charge in [0.25, 0.3) is 5.56 Å². The van der Waals surface area contributed by atoms with Crippen LogP contribution >= 0.6 is 0 Å². The molecule has 1 heterocycles. The van der Waals surface area contributed by atoms with Crippen molar-refractivity contribution in [3.05, 3.63) is 28.0 Å². The lowest BCUT2D eigenvalue weighted by molar-refractivity contribution is 0.410. The van der Waals surface area contributed by atoms with Gasteiger partial charge in [0.05, 0.1) is 0 Å². The summed E-state index contributed by atoms with van der Waals surface area (Å²) >= 11 is 0. The van der Waals surface area contributed by atoms with Gasteiger partial charge in [0, 0.05) is 11.6 Å². The van der Waals surface area contributed by atoms with Crippen molar-refractivity contribution in [3.63, 3.8) is 0 Å². The standard InChI is InChI=1S/C10H15NO2/c1-4-10(2,3)7-5-6-8(12)11-9(7)13/h5-6H,4H2,1-3H3,(H2,11,12,13). The zero-order chi connectivity index (χ0) is 10.1. The van der Waals surface area contributed by atoms with Crippen LogP contribution in [0.1, 0.15) is 32.8 Å². The van der Waals surface area contributed by atoms with Gasteiger partial charge >= 0.3 is 0 Å². The van der Waals surface area contributed by atoms with Crippen molar-refractivity contribution in [2.75, 3.05) is 0 Å². The molecule has 0 radical (unpaired) electrons. The molecule has 0 aromatic carbocycles. The summed E-state index contributed by atoms with van der Waals surface area (Å²) in [6.45, 7) is 6.10. The molecule has 0 amide bonds. The van der Waals surface area contributed by atoms with Crippen LogP contribution in [-0.2, 0) is 5.41 Å². The van der Waals surface area contributed by atoms with E-state index in [4.69, 9.17) is 0 Å². The zero-order valence-corrected chi connectivity index (χ0v) is 8.22. The normalized spacial score (nSPS) is 11.6. The highest BCUT2D eigenvalue weighted by Gasteiger charge is 2.21. The van der Waals surface area contributed by atoms with Gasteiger partial charge in [-0.25, -0.2) is 0 Å². The number of aromatic hydroxyl groups is 1. The molecule has 13 heavy (non-hydrogen) atoms. The Hall–Kier alpha value is -1.25. The lowest BCUT2D eigenvalue weighted by Crippen LogP contribution is -2.18. The Balaban J connectivity index is 3.23. The fourth-order valence-corrected chi connectivity index (χ4v) is 1.20. The van der Waals surface area contributed by atoms with Gasteiger partial charge in [-0.15, -0.1) is 0 Å². The third-order valence-corrected chi connectivity index (χ3v) is 2.51. The molecule has 3 nitrogen and oxygen atoms in total. The van der Waals surface area contributed by atoms with Crippen LogP contribution in [0.2, 0.25) is 0 Å². The third-order valence-electron chi connectivity index (χ3n) is 2.51. The van der Waals surface area contributed by atoms with Crippen molar-refractivity contribution in [1.82, 2.24) is 4.98 Å². The first-order valence-electron chi connectivity index (χ1n) is 4.40. The molecule has 1 aromatic rings. The van der Waals surface area contributed by atoms with Gasteiger partial charge in [-0.2, -0.15) is 0 Å². The minimum absolute atomic E-state index is 0.0145. The highest BCUT2D eigenvalue weighted by molar-refractivity contribution is 5.31. The molecule has 0 bridgehead atoms.